The molecule has 1 saturated heterocycles. The Balaban J connectivity index is 2.32. The Hall–Kier alpha value is -1.46. The molecule has 1 aromatic rings. The van der Waals surface area contributed by atoms with Gasteiger partial charge in [0.25, 0.3) is 0 Å². The average Bonchev–Trinajstić information content (AvgIpc) is 2.36. The van der Waals surface area contributed by atoms with Crippen molar-refractivity contribution in [2.24, 2.45) is 11.5 Å². The van der Waals surface area contributed by atoms with Gasteiger partial charge >= 0.3 is 0 Å². The summed E-state index contributed by atoms with van der Waals surface area (Å²) in [7, 11) is 3.30. The lowest BCUT2D eigenvalue weighted by atomic mass is 10.0. The molecule has 0 radical (unpaired) electrons. The minimum atomic E-state index is 0.122. The van der Waals surface area contributed by atoms with Crippen molar-refractivity contribution in [1.82, 2.24) is 0 Å². The van der Waals surface area contributed by atoms with Crippen LogP contribution in [0.5, 0.6) is 11.5 Å². The molecule has 0 aliphatic carbocycles. The third kappa shape index (κ3) is 2.93. The highest BCUT2D eigenvalue weighted by atomic mass is 16.5. The molecule has 1 aliphatic heterocycles. The summed E-state index contributed by atoms with van der Waals surface area (Å²) in [4.78, 5) is 2.22. The molecule has 19 heavy (non-hydrogen) atoms. The van der Waals surface area contributed by atoms with Gasteiger partial charge in [0.15, 0.2) is 11.5 Å². The number of hydrogen-bond acceptors (Lipinski definition) is 5. The first-order valence-electron chi connectivity index (χ1n) is 6.54. The standard InChI is InChI=1S/C14H23N3O2/c1-9-4-12(6-13(18-2)14(9)19-3)17-7-10(15)5-11(16)8-17/h4,6,10-11H,5,7-8,15-16H2,1-3H3/t10-,11+. The highest BCUT2D eigenvalue weighted by Gasteiger charge is 2.24. The number of nitrogens with two attached hydrogens (primary N) is 2. The number of methoxy groups -OCH3 is 2. The highest BCUT2D eigenvalue weighted by Crippen LogP contribution is 2.35. The summed E-state index contributed by atoms with van der Waals surface area (Å²) in [5.41, 5.74) is 14.2. The van der Waals surface area contributed by atoms with Gasteiger partial charge in [0, 0.05) is 36.9 Å². The molecule has 0 aromatic heterocycles. The normalized spacial score (nSPS) is 23.3. The van der Waals surface area contributed by atoms with Crippen LogP contribution >= 0.6 is 0 Å². The fourth-order valence-corrected chi connectivity index (χ4v) is 2.71. The number of rotatable bonds is 3. The Morgan fingerprint density at radius 3 is 2.26 bits per heavy atom. The fraction of sp³-hybridized carbons (Fsp3) is 0.571. The van der Waals surface area contributed by atoms with E-state index >= 15 is 0 Å². The molecule has 4 N–H and O–H groups in total. The van der Waals surface area contributed by atoms with Crippen molar-refractivity contribution in [3.05, 3.63) is 17.7 Å². The molecule has 5 heteroatoms. The van der Waals surface area contributed by atoms with Crippen molar-refractivity contribution in [2.75, 3.05) is 32.2 Å². The van der Waals surface area contributed by atoms with Gasteiger partial charge in [-0.1, -0.05) is 0 Å². The van der Waals surface area contributed by atoms with Gasteiger partial charge < -0.3 is 25.8 Å². The van der Waals surface area contributed by atoms with Crippen molar-refractivity contribution in [3.8, 4) is 11.5 Å². The van der Waals surface area contributed by atoms with Gasteiger partial charge in [0.2, 0.25) is 0 Å². The topological polar surface area (TPSA) is 73.7 Å². The number of nitrogens with zero attached hydrogens (tertiary/aromatic N) is 1. The van der Waals surface area contributed by atoms with E-state index in [0.717, 1.165) is 42.3 Å². The summed E-state index contributed by atoms with van der Waals surface area (Å²) in [6, 6.07) is 4.32. The van der Waals surface area contributed by atoms with Gasteiger partial charge in [-0.15, -0.1) is 0 Å². The molecule has 0 bridgehead atoms. The van der Waals surface area contributed by atoms with E-state index in [4.69, 9.17) is 20.9 Å². The second-order valence-electron chi connectivity index (χ2n) is 5.16. The molecule has 1 aliphatic rings. The zero-order valence-corrected chi connectivity index (χ0v) is 11.8. The van der Waals surface area contributed by atoms with Crippen LogP contribution in [0.3, 0.4) is 0 Å². The molecule has 5 nitrogen and oxygen atoms in total. The highest BCUT2D eigenvalue weighted by molar-refractivity contribution is 5.60. The monoisotopic (exact) mass is 265 g/mol. The second kappa shape index (κ2) is 5.67. The van der Waals surface area contributed by atoms with E-state index < -0.39 is 0 Å². The number of piperidine rings is 1. The van der Waals surface area contributed by atoms with Crippen LogP contribution in [-0.2, 0) is 0 Å². The third-order valence-corrected chi connectivity index (χ3v) is 3.53. The maximum absolute atomic E-state index is 6.04. The minimum Gasteiger partial charge on any atom is -0.493 e. The fourth-order valence-electron chi connectivity index (χ4n) is 2.71. The summed E-state index contributed by atoms with van der Waals surface area (Å²) >= 11 is 0. The Morgan fingerprint density at radius 1 is 1.11 bits per heavy atom. The lowest BCUT2D eigenvalue weighted by Gasteiger charge is -2.36. The molecule has 0 saturated carbocycles. The van der Waals surface area contributed by atoms with Crippen molar-refractivity contribution in [2.45, 2.75) is 25.4 Å². The molecule has 0 unspecified atom stereocenters. The number of aryl methyl sites for hydroxylation is 1. The number of ether oxygens (including phenoxy) is 2. The van der Waals surface area contributed by atoms with E-state index in [9.17, 15) is 0 Å². The summed E-state index contributed by atoms with van der Waals surface area (Å²) in [6.45, 7) is 3.65. The van der Waals surface area contributed by atoms with Crippen LogP contribution in [0.2, 0.25) is 0 Å². The lowest BCUT2D eigenvalue weighted by molar-refractivity contribution is 0.352. The van der Waals surface area contributed by atoms with Gasteiger partial charge in [-0.05, 0) is 25.0 Å². The smallest absolute Gasteiger partial charge is 0.163 e. The van der Waals surface area contributed by atoms with E-state index in [-0.39, 0.29) is 12.1 Å². The summed E-state index contributed by atoms with van der Waals surface area (Å²) in [5, 5.41) is 0. The van der Waals surface area contributed by atoms with E-state index in [1.165, 1.54) is 0 Å². The molecule has 0 amide bonds. The second-order valence-corrected chi connectivity index (χ2v) is 5.16. The van der Waals surface area contributed by atoms with E-state index in [1.807, 2.05) is 13.0 Å². The number of hydrogen-bond donors (Lipinski definition) is 2. The SMILES string of the molecule is COc1cc(N2C[C@H](N)C[C@H](N)C2)cc(C)c1OC. The first kappa shape index (κ1) is 14.0. The van der Waals surface area contributed by atoms with Gasteiger partial charge in [-0.3, -0.25) is 0 Å². The first-order chi connectivity index (χ1) is 9.05. The Kier molecular flexibility index (Phi) is 4.17. The van der Waals surface area contributed by atoms with Crippen LogP contribution in [0.1, 0.15) is 12.0 Å². The predicted molar refractivity (Wildman–Crippen MR) is 77.1 cm³/mol. The Labute approximate surface area is 114 Å². The predicted octanol–water partition coefficient (Wildman–Crippen LogP) is 0.877. The molecular weight excluding hydrogens is 242 g/mol. The summed E-state index contributed by atoms with van der Waals surface area (Å²) < 4.78 is 10.7. The molecule has 2 atom stereocenters. The van der Waals surface area contributed by atoms with Crippen LogP contribution in [0.4, 0.5) is 5.69 Å². The van der Waals surface area contributed by atoms with Crippen LogP contribution < -0.4 is 25.8 Å². The maximum atomic E-state index is 6.04. The maximum Gasteiger partial charge on any atom is 0.163 e. The molecule has 0 spiro atoms. The first-order valence-corrected chi connectivity index (χ1v) is 6.54. The van der Waals surface area contributed by atoms with Crippen molar-refractivity contribution < 1.29 is 9.47 Å². The molecule has 1 aromatic carbocycles. The summed E-state index contributed by atoms with van der Waals surface area (Å²) in [6.07, 6.45) is 0.878. The molecule has 2 rings (SSSR count). The van der Waals surface area contributed by atoms with Crippen LogP contribution in [-0.4, -0.2) is 39.4 Å². The average molecular weight is 265 g/mol. The van der Waals surface area contributed by atoms with Crippen LogP contribution in [0, 0.1) is 6.92 Å². The van der Waals surface area contributed by atoms with E-state index in [0.29, 0.717) is 0 Å². The van der Waals surface area contributed by atoms with Crippen molar-refractivity contribution >= 4 is 5.69 Å². The molecule has 106 valence electrons. The van der Waals surface area contributed by atoms with Gasteiger partial charge in [-0.25, -0.2) is 0 Å². The molecule has 1 heterocycles. The summed E-state index contributed by atoms with van der Waals surface area (Å²) in [5.74, 6) is 1.52. The third-order valence-electron chi connectivity index (χ3n) is 3.53. The van der Waals surface area contributed by atoms with Crippen molar-refractivity contribution in [1.29, 1.82) is 0 Å². The van der Waals surface area contributed by atoms with Crippen LogP contribution in [0.25, 0.3) is 0 Å². The zero-order chi connectivity index (χ0) is 14.0. The molecular formula is C14H23N3O2. The lowest BCUT2D eigenvalue weighted by Crippen LogP contribution is -2.52. The minimum absolute atomic E-state index is 0.122. The van der Waals surface area contributed by atoms with Gasteiger partial charge in [-0.2, -0.15) is 0 Å². The Bertz CT molecular complexity index is 441. The van der Waals surface area contributed by atoms with E-state index in [1.54, 1.807) is 14.2 Å². The largest absolute Gasteiger partial charge is 0.493 e. The van der Waals surface area contributed by atoms with E-state index in [2.05, 4.69) is 11.0 Å². The van der Waals surface area contributed by atoms with Crippen LogP contribution in [0.15, 0.2) is 12.1 Å². The number of anilines is 1. The quantitative estimate of drug-likeness (QED) is 0.848. The molecule has 1 fully saturated rings. The Morgan fingerprint density at radius 2 is 1.74 bits per heavy atom. The zero-order valence-electron chi connectivity index (χ0n) is 11.8. The number of benzene rings is 1. The van der Waals surface area contributed by atoms with Gasteiger partial charge in [0.1, 0.15) is 0 Å². The van der Waals surface area contributed by atoms with Crippen molar-refractivity contribution in [3.63, 3.8) is 0 Å². The van der Waals surface area contributed by atoms with Gasteiger partial charge in [0.05, 0.1) is 14.2 Å².